The van der Waals surface area contributed by atoms with Gasteiger partial charge in [0.25, 0.3) is 0 Å². The second-order valence-electron chi connectivity index (χ2n) is 5.87. The van der Waals surface area contributed by atoms with E-state index in [1.165, 1.54) is 55.2 Å². The van der Waals surface area contributed by atoms with E-state index in [0.29, 0.717) is 5.92 Å². The molecular weight excluding hydrogens is 230 g/mol. The first kappa shape index (κ1) is 12.7. The van der Waals surface area contributed by atoms with Crippen molar-refractivity contribution in [3.8, 4) is 0 Å². The van der Waals surface area contributed by atoms with Gasteiger partial charge in [0.1, 0.15) is 0 Å². The molecular formula is C18H23N. The molecule has 0 bridgehead atoms. The van der Waals surface area contributed by atoms with Gasteiger partial charge >= 0.3 is 0 Å². The molecule has 1 atom stereocenters. The Kier molecular flexibility index (Phi) is 3.84. The van der Waals surface area contributed by atoms with Crippen LogP contribution in [-0.4, -0.2) is 24.5 Å². The molecule has 1 aliphatic rings. The van der Waals surface area contributed by atoms with E-state index >= 15 is 0 Å². The molecule has 2 aromatic rings. The number of benzene rings is 2. The van der Waals surface area contributed by atoms with Gasteiger partial charge in [-0.1, -0.05) is 55.8 Å². The Hall–Kier alpha value is -1.34. The lowest BCUT2D eigenvalue weighted by Crippen LogP contribution is -2.32. The van der Waals surface area contributed by atoms with Crippen LogP contribution in [0.1, 0.15) is 37.7 Å². The zero-order valence-corrected chi connectivity index (χ0v) is 11.8. The Bertz CT molecular complexity index is 540. The highest BCUT2D eigenvalue weighted by molar-refractivity contribution is 5.83. The fourth-order valence-corrected chi connectivity index (χ4v) is 3.15. The second-order valence-corrected chi connectivity index (χ2v) is 5.87. The minimum Gasteiger partial charge on any atom is -0.303 e. The molecule has 0 N–H and O–H groups in total. The Balaban J connectivity index is 1.75. The van der Waals surface area contributed by atoms with Crippen molar-refractivity contribution in [2.45, 2.75) is 32.1 Å². The first-order valence-electron chi connectivity index (χ1n) is 7.54. The average Bonchev–Trinajstić information content (AvgIpc) is 2.48. The molecule has 1 nitrogen and oxygen atoms in total. The van der Waals surface area contributed by atoms with E-state index < -0.39 is 0 Å². The van der Waals surface area contributed by atoms with Crippen LogP contribution in [0.15, 0.2) is 42.5 Å². The molecule has 1 heterocycles. The van der Waals surface area contributed by atoms with E-state index in [4.69, 9.17) is 0 Å². The lowest BCUT2D eigenvalue weighted by molar-refractivity contribution is 0.219. The van der Waals surface area contributed by atoms with Gasteiger partial charge in [-0.05, 0) is 48.2 Å². The van der Waals surface area contributed by atoms with E-state index in [-0.39, 0.29) is 0 Å². The Morgan fingerprint density at radius 3 is 2.47 bits per heavy atom. The molecule has 1 fully saturated rings. The van der Waals surface area contributed by atoms with E-state index in [1.54, 1.807) is 0 Å². The van der Waals surface area contributed by atoms with Crippen LogP contribution in [0.4, 0.5) is 0 Å². The second kappa shape index (κ2) is 5.75. The van der Waals surface area contributed by atoms with Crippen LogP contribution in [0.2, 0.25) is 0 Å². The SMILES string of the molecule is CC(CN1CCCCC1)c1ccc2ccccc2c1. The molecule has 19 heavy (non-hydrogen) atoms. The molecule has 0 aromatic heterocycles. The summed E-state index contributed by atoms with van der Waals surface area (Å²) in [6.45, 7) is 6.15. The fourth-order valence-electron chi connectivity index (χ4n) is 3.15. The predicted molar refractivity (Wildman–Crippen MR) is 82.7 cm³/mol. The van der Waals surface area contributed by atoms with E-state index in [1.807, 2.05) is 0 Å². The van der Waals surface area contributed by atoms with E-state index in [2.05, 4.69) is 54.3 Å². The van der Waals surface area contributed by atoms with Crippen LogP contribution in [0.5, 0.6) is 0 Å². The van der Waals surface area contributed by atoms with Gasteiger partial charge in [-0.25, -0.2) is 0 Å². The maximum absolute atomic E-state index is 2.63. The summed E-state index contributed by atoms with van der Waals surface area (Å²) in [5.41, 5.74) is 1.48. The van der Waals surface area contributed by atoms with Crippen molar-refractivity contribution >= 4 is 10.8 Å². The first-order chi connectivity index (χ1) is 9.33. The molecule has 3 rings (SSSR count). The fraction of sp³-hybridized carbons (Fsp3) is 0.444. The molecule has 1 saturated heterocycles. The van der Waals surface area contributed by atoms with Gasteiger partial charge in [0, 0.05) is 6.54 Å². The van der Waals surface area contributed by atoms with Crippen LogP contribution in [0, 0.1) is 0 Å². The molecule has 1 aliphatic heterocycles. The highest BCUT2D eigenvalue weighted by atomic mass is 15.1. The summed E-state index contributed by atoms with van der Waals surface area (Å²) in [6, 6.07) is 15.6. The van der Waals surface area contributed by atoms with Crippen molar-refractivity contribution in [3.63, 3.8) is 0 Å². The monoisotopic (exact) mass is 253 g/mol. The smallest absolute Gasteiger partial charge is 0.00476 e. The minimum atomic E-state index is 0.628. The summed E-state index contributed by atoms with van der Waals surface area (Å²) in [4.78, 5) is 2.63. The predicted octanol–water partition coefficient (Wildman–Crippen LogP) is 4.43. The standard InChI is InChI=1S/C18H23N/c1-15(14-19-11-5-2-6-12-19)17-10-9-16-7-3-4-8-18(16)13-17/h3-4,7-10,13,15H,2,5-6,11-12,14H2,1H3. The average molecular weight is 253 g/mol. The van der Waals surface area contributed by atoms with Crippen molar-refractivity contribution in [2.75, 3.05) is 19.6 Å². The highest BCUT2D eigenvalue weighted by Gasteiger charge is 2.14. The summed E-state index contributed by atoms with van der Waals surface area (Å²) in [6.07, 6.45) is 4.18. The number of rotatable bonds is 3. The number of piperidine rings is 1. The number of fused-ring (bicyclic) bond motifs is 1. The normalized spacial score (nSPS) is 18.6. The van der Waals surface area contributed by atoms with Gasteiger partial charge in [-0.15, -0.1) is 0 Å². The summed E-state index contributed by atoms with van der Waals surface area (Å²) in [7, 11) is 0. The van der Waals surface area contributed by atoms with Gasteiger partial charge in [-0.3, -0.25) is 0 Å². The number of hydrogen-bond acceptors (Lipinski definition) is 1. The Morgan fingerprint density at radius 1 is 0.947 bits per heavy atom. The molecule has 1 heteroatoms. The molecule has 100 valence electrons. The highest BCUT2D eigenvalue weighted by Crippen LogP contribution is 2.23. The lowest BCUT2D eigenvalue weighted by atomic mass is 9.96. The molecule has 0 saturated carbocycles. The third-order valence-electron chi connectivity index (χ3n) is 4.32. The van der Waals surface area contributed by atoms with Gasteiger partial charge in [0.05, 0.1) is 0 Å². The number of nitrogens with zero attached hydrogens (tertiary/aromatic N) is 1. The van der Waals surface area contributed by atoms with Gasteiger partial charge < -0.3 is 4.90 Å². The van der Waals surface area contributed by atoms with Crippen LogP contribution in [0.25, 0.3) is 10.8 Å². The van der Waals surface area contributed by atoms with E-state index in [9.17, 15) is 0 Å². The van der Waals surface area contributed by atoms with Crippen LogP contribution >= 0.6 is 0 Å². The maximum Gasteiger partial charge on any atom is 0.00476 e. The third-order valence-corrected chi connectivity index (χ3v) is 4.32. The summed E-state index contributed by atoms with van der Waals surface area (Å²) in [5, 5.41) is 2.71. The molecule has 0 radical (unpaired) electrons. The van der Waals surface area contributed by atoms with Crippen molar-refractivity contribution < 1.29 is 0 Å². The maximum atomic E-state index is 2.63. The molecule has 0 spiro atoms. The molecule has 0 aliphatic carbocycles. The summed E-state index contributed by atoms with van der Waals surface area (Å²) >= 11 is 0. The van der Waals surface area contributed by atoms with Crippen LogP contribution in [0.3, 0.4) is 0 Å². The topological polar surface area (TPSA) is 3.24 Å². The van der Waals surface area contributed by atoms with E-state index in [0.717, 1.165) is 0 Å². The van der Waals surface area contributed by atoms with Crippen molar-refractivity contribution in [3.05, 3.63) is 48.0 Å². The number of likely N-dealkylation sites (tertiary alicyclic amines) is 1. The molecule has 2 aromatic carbocycles. The van der Waals surface area contributed by atoms with Crippen molar-refractivity contribution in [2.24, 2.45) is 0 Å². The summed E-state index contributed by atoms with van der Waals surface area (Å²) < 4.78 is 0. The van der Waals surface area contributed by atoms with Gasteiger partial charge in [0.15, 0.2) is 0 Å². The quantitative estimate of drug-likeness (QED) is 0.782. The number of hydrogen-bond donors (Lipinski definition) is 0. The van der Waals surface area contributed by atoms with Crippen LogP contribution in [-0.2, 0) is 0 Å². The Labute approximate surface area is 116 Å². The molecule has 1 unspecified atom stereocenters. The first-order valence-corrected chi connectivity index (χ1v) is 7.54. The van der Waals surface area contributed by atoms with Crippen LogP contribution < -0.4 is 0 Å². The van der Waals surface area contributed by atoms with Gasteiger partial charge in [0.2, 0.25) is 0 Å². The summed E-state index contributed by atoms with van der Waals surface area (Å²) in [5.74, 6) is 0.628. The molecule has 0 amide bonds. The zero-order chi connectivity index (χ0) is 13.1. The third kappa shape index (κ3) is 2.98. The minimum absolute atomic E-state index is 0.628. The largest absolute Gasteiger partial charge is 0.303 e. The lowest BCUT2D eigenvalue weighted by Gasteiger charge is -2.29. The zero-order valence-electron chi connectivity index (χ0n) is 11.8. The van der Waals surface area contributed by atoms with Gasteiger partial charge in [-0.2, -0.15) is 0 Å². The van der Waals surface area contributed by atoms with Crippen molar-refractivity contribution in [1.29, 1.82) is 0 Å². The Morgan fingerprint density at radius 2 is 1.68 bits per heavy atom. The van der Waals surface area contributed by atoms with Crippen molar-refractivity contribution in [1.82, 2.24) is 4.90 Å².